The van der Waals surface area contributed by atoms with E-state index in [-0.39, 0.29) is 9.79 Å². The molecule has 1 aromatic heterocycles. The Hall–Kier alpha value is -2.19. The molecule has 144 valence electrons. The number of benzene rings is 2. The van der Waals surface area contributed by atoms with Crippen molar-refractivity contribution in [1.82, 2.24) is 4.98 Å². The predicted octanol–water partition coefficient (Wildman–Crippen LogP) is 4.63. The third-order valence-corrected chi connectivity index (χ3v) is 8.65. The zero-order valence-corrected chi connectivity index (χ0v) is 17.3. The Kier molecular flexibility index (Phi) is 5.90. The summed E-state index contributed by atoms with van der Waals surface area (Å²) in [5.74, 6) is 0. The molecule has 0 spiro atoms. The maximum absolute atomic E-state index is 13.2. The van der Waals surface area contributed by atoms with Crippen molar-refractivity contribution in [1.29, 1.82) is 0 Å². The monoisotopic (exact) mass is 453 g/mol. The summed E-state index contributed by atoms with van der Waals surface area (Å²) in [4.78, 5) is 3.52. The van der Waals surface area contributed by atoms with Crippen molar-refractivity contribution in [2.45, 2.75) is 9.79 Å². The molecule has 0 atom stereocenters. The highest BCUT2D eigenvalue weighted by atomic mass is 35.5. The average Bonchev–Trinajstić information content (AvgIpc) is 2.67. The molecule has 3 aromatic rings. The molecule has 0 aliphatic heterocycles. The summed E-state index contributed by atoms with van der Waals surface area (Å²) in [5.41, 5.74) is 0.326. The van der Waals surface area contributed by atoms with Gasteiger partial charge in [0.2, 0.25) is 19.7 Å². The molecule has 0 fully saturated rings. The molecule has 0 unspecified atom stereocenters. The molecule has 0 saturated heterocycles. The fourth-order valence-electron chi connectivity index (χ4n) is 2.36. The predicted molar refractivity (Wildman–Crippen MR) is 109 cm³/mol. The zero-order chi connectivity index (χ0) is 20.4. The Morgan fingerprint density at radius 3 is 1.61 bits per heavy atom. The number of hydrogen-bond acceptors (Lipinski definition) is 5. The number of sulfone groups is 2. The minimum Gasteiger partial charge on any atom is -0.264 e. The Morgan fingerprint density at radius 1 is 0.750 bits per heavy atom. The Morgan fingerprint density at radius 2 is 1.21 bits per heavy atom. The van der Waals surface area contributed by atoms with Crippen LogP contribution in [0, 0.1) is 0 Å². The van der Waals surface area contributed by atoms with Gasteiger partial charge >= 0.3 is 0 Å². The second kappa shape index (κ2) is 8.05. The SMILES string of the molecule is O=S(=O)(C(=Cc1cccnc1)S(=O)(=O)c1ccc(Cl)cc1)c1ccc(Cl)cc1. The third-order valence-electron chi connectivity index (χ3n) is 3.75. The lowest BCUT2D eigenvalue weighted by Gasteiger charge is -2.11. The van der Waals surface area contributed by atoms with Crippen LogP contribution in [0.1, 0.15) is 5.56 Å². The number of nitrogens with zero attached hydrogens (tertiary/aromatic N) is 1. The normalized spacial score (nSPS) is 11.8. The van der Waals surface area contributed by atoms with Crippen LogP contribution in [-0.4, -0.2) is 21.8 Å². The van der Waals surface area contributed by atoms with Crippen LogP contribution in [0.3, 0.4) is 0 Å². The van der Waals surface area contributed by atoms with Gasteiger partial charge in [-0.15, -0.1) is 0 Å². The standard InChI is InChI=1S/C19H13Cl2NO4S2/c20-15-3-7-17(8-4-15)27(23,24)19(12-14-2-1-11-22-13-14)28(25,26)18-9-5-16(21)6-10-18/h1-13H. The fraction of sp³-hybridized carbons (Fsp3) is 0. The van der Waals surface area contributed by atoms with E-state index in [0.29, 0.717) is 15.6 Å². The van der Waals surface area contributed by atoms with Crippen LogP contribution < -0.4 is 0 Å². The largest absolute Gasteiger partial charge is 0.264 e. The van der Waals surface area contributed by atoms with Gasteiger partial charge in [-0.1, -0.05) is 29.3 Å². The van der Waals surface area contributed by atoms with Gasteiger partial charge in [0.05, 0.1) is 9.79 Å². The van der Waals surface area contributed by atoms with Crippen LogP contribution in [-0.2, 0) is 19.7 Å². The van der Waals surface area contributed by atoms with Gasteiger partial charge in [0.15, 0.2) is 4.24 Å². The Bertz CT molecular complexity index is 1140. The van der Waals surface area contributed by atoms with Crippen LogP contribution >= 0.6 is 23.2 Å². The minimum absolute atomic E-state index is 0.190. The van der Waals surface area contributed by atoms with E-state index in [0.717, 1.165) is 6.08 Å². The first kappa shape index (κ1) is 20.5. The van der Waals surface area contributed by atoms with E-state index in [4.69, 9.17) is 23.2 Å². The van der Waals surface area contributed by atoms with Crippen LogP contribution in [0.25, 0.3) is 6.08 Å². The van der Waals surface area contributed by atoms with Crippen LogP contribution in [0.5, 0.6) is 0 Å². The smallest absolute Gasteiger partial charge is 0.217 e. The van der Waals surface area contributed by atoms with Crippen molar-refractivity contribution in [3.8, 4) is 0 Å². The van der Waals surface area contributed by atoms with Crippen LogP contribution in [0.2, 0.25) is 10.0 Å². The lowest BCUT2D eigenvalue weighted by molar-refractivity contribution is 0.595. The van der Waals surface area contributed by atoms with E-state index in [9.17, 15) is 16.8 Å². The molecule has 5 nitrogen and oxygen atoms in total. The van der Waals surface area contributed by atoms with E-state index >= 15 is 0 Å². The molecule has 0 saturated carbocycles. The van der Waals surface area contributed by atoms with Crippen LogP contribution in [0.4, 0.5) is 0 Å². The Balaban J connectivity index is 2.25. The van der Waals surface area contributed by atoms with Gasteiger partial charge in [-0.05, 0) is 66.2 Å². The molecule has 2 aromatic carbocycles. The summed E-state index contributed by atoms with van der Waals surface area (Å²) in [6.45, 7) is 0. The summed E-state index contributed by atoms with van der Waals surface area (Å²) in [5, 5.41) is 0.662. The van der Waals surface area contributed by atoms with Crippen molar-refractivity contribution in [3.05, 3.63) is 92.9 Å². The summed E-state index contributed by atoms with van der Waals surface area (Å²) >= 11 is 11.6. The summed E-state index contributed by atoms with van der Waals surface area (Å²) in [7, 11) is -8.76. The minimum atomic E-state index is -4.38. The quantitative estimate of drug-likeness (QED) is 0.561. The fourth-order valence-corrected chi connectivity index (χ4v) is 6.38. The molecule has 0 N–H and O–H groups in total. The first-order chi connectivity index (χ1) is 13.2. The maximum atomic E-state index is 13.2. The highest BCUT2D eigenvalue weighted by Gasteiger charge is 2.33. The first-order valence-corrected chi connectivity index (χ1v) is 11.6. The average molecular weight is 454 g/mol. The van der Waals surface area contributed by atoms with Gasteiger partial charge in [-0.2, -0.15) is 0 Å². The van der Waals surface area contributed by atoms with Crippen molar-refractivity contribution in [2.24, 2.45) is 0 Å². The van der Waals surface area contributed by atoms with Gasteiger partial charge in [-0.3, -0.25) is 4.98 Å². The van der Waals surface area contributed by atoms with Crippen LogP contribution in [0.15, 0.2) is 87.1 Å². The van der Waals surface area contributed by atoms with Gasteiger partial charge in [-0.25, -0.2) is 16.8 Å². The first-order valence-electron chi connectivity index (χ1n) is 7.84. The van der Waals surface area contributed by atoms with Gasteiger partial charge in [0.25, 0.3) is 0 Å². The molecule has 0 radical (unpaired) electrons. The molecule has 1 heterocycles. The van der Waals surface area contributed by atoms with E-state index in [2.05, 4.69) is 4.98 Å². The van der Waals surface area contributed by atoms with Gasteiger partial charge in [0, 0.05) is 22.4 Å². The molecule has 3 rings (SSSR count). The van der Waals surface area contributed by atoms with Crippen molar-refractivity contribution in [2.75, 3.05) is 0 Å². The molecule has 0 bridgehead atoms. The van der Waals surface area contributed by atoms with E-state index in [1.807, 2.05) is 0 Å². The molecule has 0 aliphatic rings. The number of aromatic nitrogens is 1. The zero-order valence-electron chi connectivity index (χ0n) is 14.2. The molecular formula is C19H13Cl2NO4S2. The lowest BCUT2D eigenvalue weighted by Crippen LogP contribution is -2.15. The van der Waals surface area contributed by atoms with Crippen molar-refractivity contribution < 1.29 is 16.8 Å². The number of pyridine rings is 1. The lowest BCUT2D eigenvalue weighted by atomic mass is 10.3. The molecule has 28 heavy (non-hydrogen) atoms. The van der Waals surface area contributed by atoms with Gasteiger partial charge in [0.1, 0.15) is 0 Å². The third kappa shape index (κ3) is 4.28. The molecule has 0 amide bonds. The summed E-state index contributed by atoms with van der Waals surface area (Å²) in [6.07, 6.45) is 3.95. The summed E-state index contributed by atoms with van der Waals surface area (Å²) in [6, 6.07) is 13.7. The highest BCUT2D eigenvalue weighted by molar-refractivity contribution is 8.14. The van der Waals surface area contributed by atoms with Gasteiger partial charge < -0.3 is 0 Å². The van der Waals surface area contributed by atoms with E-state index < -0.39 is 23.9 Å². The highest BCUT2D eigenvalue weighted by Crippen LogP contribution is 2.31. The summed E-state index contributed by atoms with van der Waals surface area (Å²) < 4.78 is 52.0. The maximum Gasteiger partial charge on any atom is 0.217 e. The van der Waals surface area contributed by atoms with Crippen molar-refractivity contribution >= 4 is 49.0 Å². The number of halogens is 2. The molecular weight excluding hydrogens is 441 g/mol. The Labute approximate surface area is 173 Å². The van der Waals surface area contributed by atoms with E-state index in [1.54, 1.807) is 12.1 Å². The van der Waals surface area contributed by atoms with Crippen molar-refractivity contribution in [3.63, 3.8) is 0 Å². The second-order valence-electron chi connectivity index (χ2n) is 5.66. The topological polar surface area (TPSA) is 81.2 Å². The molecule has 9 heteroatoms. The van der Waals surface area contributed by atoms with E-state index in [1.165, 1.54) is 60.9 Å². The number of hydrogen-bond donors (Lipinski definition) is 0. The second-order valence-corrected chi connectivity index (χ2v) is 10.6. The number of rotatable bonds is 5. The molecule has 0 aliphatic carbocycles.